The Kier molecular flexibility index (Phi) is 4.79. The molecule has 0 aromatic carbocycles. The van der Waals surface area contributed by atoms with Gasteiger partial charge in [0, 0.05) is 0 Å². The van der Waals surface area contributed by atoms with Crippen LogP contribution < -0.4 is 0 Å². The van der Waals surface area contributed by atoms with Gasteiger partial charge in [-0.3, -0.25) is 0 Å². The SMILES string of the molecule is CC(C)CC(C)OC1CCCCC1. The van der Waals surface area contributed by atoms with E-state index >= 15 is 0 Å². The molecule has 0 bridgehead atoms. The van der Waals surface area contributed by atoms with Crippen LogP contribution in [0.4, 0.5) is 0 Å². The van der Waals surface area contributed by atoms with E-state index in [-0.39, 0.29) is 0 Å². The van der Waals surface area contributed by atoms with Crippen LogP contribution in [0.1, 0.15) is 59.3 Å². The van der Waals surface area contributed by atoms with Gasteiger partial charge in [-0.25, -0.2) is 0 Å². The summed E-state index contributed by atoms with van der Waals surface area (Å²) in [7, 11) is 0. The van der Waals surface area contributed by atoms with Crippen molar-refractivity contribution < 1.29 is 4.74 Å². The molecule has 1 atom stereocenters. The lowest BCUT2D eigenvalue weighted by Gasteiger charge is -2.26. The Bertz CT molecular complexity index is 125. The van der Waals surface area contributed by atoms with Gasteiger partial charge in [0.15, 0.2) is 0 Å². The molecule has 0 saturated heterocycles. The van der Waals surface area contributed by atoms with Gasteiger partial charge >= 0.3 is 0 Å². The summed E-state index contributed by atoms with van der Waals surface area (Å²) >= 11 is 0. The third-order valence-corrected chi connectivity index (χ3v) is 2.78. The van der Waals surface area contributed by atoms with Crippen LogP contribution in [-0.2, 0) is 4.74 Å². The Morgan fingerprint density at radius 3 is 2.23 bits per heavy atom. The monoisotopic (exact) mass is 184 g/mol. The zero-order valence-corrected chi connectivity index (χ0v) is 9.38. The molecule has 1 aliphatic rings. The van der Waals surface area contributed by atoms with Crippen molar-refractivity contribution in [2.24, 2.45) is 5.92 Å². The Hall–Kier alpha value is -0.0400. The summed E-state index contributed by atoms with van der Waals surface area (Å²) in [5.41, 5.74) is 0. The van der Waals surface area contributed by atoms with E-state index in [0.717, 1.165) is 5.92 Å². The van der Waals surface area contributed by atoms with Crippen LogP contribution in [0.3, 0.4) is 0 Å². The standard InChI is InChI=1S/C12H24O/c1-10(2)9-11(3)13-12-7-5-4-6-8-12/h10-12H,4-9H2,1-3H3. The Morgan fingerprint density at radius 2 is 1.69 bits per heavy atom. The molecule has 1 nitrogen and oxygen atoms in total. The lowest BCUT2D eigenvalue weighted by atomic mass is 9.97. The van der Waals surface area contributed by atoms with Crippen molar-refractivity contribution in [1.29, 1.82) is 0 Å². The maximum atomic E-state index is 6.00. The first-order chi connectivity index (χ1) is 6.18. The first kappa shape index (κ1) is 11.0. The van der Waals surface area contributed by atoms with Gasteiger partial charge in [0.1, 0.15) is 0 Å². The highest BCUT2D eigenvalue weighted by Gasteiger charge is 2.16. The second-order valence-corrected chi connectivity index (χ2v) is 4.84. The summed E-state index contributed by atoms with van der Waals surface area (Å²) in [6.07, 6.45) is 8.99. The minimum Gasteiger partial charge on any atom is -0.375 e. The molecule has 1 fully saturated rings. The lowest BCUT2D eigenvalue weighted by molar-refractivity contribution is -0.0290. The Labute approximate surface area is 82.9 Å². The zero-order chi connectivity index (χ0) is 9.68. The summed E-state index contributed by atoms with van der Waals surface area (Å²) < 4.78 is 6.00. The van der Waals surface area contributed by atoms with Crippen molar-refractivity contribution in [1.82, 2.24) is 0 Å². The van der Waals surface area contributed by atoms with Gasteiger partial charge in [-0.15, -0.1) is 0 Å². The van der Waals surface area contributed by atoms with E-state index in [1.165, 1.54) is 38.5 Å². The summed E-state index contributed by atoms with van der Waals surface area (Å²) in [5.74, 6) is 0.763. The first-order valence-electron chi connectivity index (χ1n) is 5.84. The number of rotatable bonds is 4. The maximum absolute atomic E-state index is 6.00. The molecule has 78 valence electrons. The van der Waals surface area contributed by atoms with Crippen LogP contribution in [0.2, 0.25) is 0 Å². The van der Waals surface area contributed by atoms with Gasteiger partial charge in [0.2, 0.25) is 0 Å². The van der Waals surface area contributed by atoms with Crippen molar-refractivity contribution in [3.05, 3.63) is 0 Å². The number of hydrogen-bond donors (Lipinski definition) is 0. The quantitative estimate of drug-likeness (QED) is 0.646. The van der Waals surface area contributed by atoms with Gasteiger partial charge < -0.3 is 4.74 Å². The van der Waals surface area contributed by atoms with Gasteiger partial charge in [-0.2, -0.15) is 0 Å². The average Bonchev–Trinajstić information content (AvgIpc) is 2.04. The number of ether oxygens (including phenoxy) is 1. The number of hydrogen-bond acceptors (Lipinski definition) is 1. The van der Waals surface area contributed by atoms with E-state index in [2.05, 4.69) is 20.8 Å². The Morgan fingerprint density at radius 1 is 1.08 bits per heavy atom. The first-order valence-corrected chi connectivity index (χ1v) is 5.84. The van der Waals surface area contributed by atoms with Crippen LogP contribution in [0, 0.1) is 5.92 Å². The van der Waals surface area contributed by atoms with E-state index in [0.29, 0.717) is 12.2 Å². The maximum Gasteiger partial charge on any atom is 0.0578 e. The fraction of sp³-hybridized carbons (Fsp3) is 1.00. The third kappa shape index (κ3) is 4.66. The van der Waals surface area contributed by atoms with Gasteiger partial charge in [-0.05, 0) is 32.1 Å². The van der Waals surface area contributed by atoms with Crippen molar-refractivity contribution >= 4 is 0 Å². The highest BCUT2D eigenvalue weighted by atomic mass is 16.5. The molecule has 0 aliphatic heterocycles. The molecule has 0 amide bonds. The molecule has 0 heterocycles. The van der Waals surface area contributed by atoms with E-state index < -0.39 is 0 Å². The molecule has 1 aliphatic carbocycles. The smallest absolute Gasteiger partial charge is 0.0578 e. The van der Waals surface area contributed by atoms with Crippen molar-refractivity contribution in [2.75, 3.05) is 0 Å². The minimum atomic E-state index is 0.461. The second kappa shape index (κ2) is 5.64. The molecule has 0 spiro atoms. The van der Waals surface area contributed by atoms with Crippen molar-refractivity contribution in [2.45, 2.75) is 71.5 Å². The summed E-state index contributed by atoms with van der Waals surface area (Å²) in [5, 5.41) is 0. The molecule has 0 N–H and O–H groups in total. The molecule has 1 unspecified atom stereocenters. The van der Waals surface area contributed by atoms with E-state index in [9.17, 15) is 0 Å². The second-order valence-electron chi connectivity index (χ2n) is 4.84. The topological polar surface area (TPSA) is 9.23 Å². The average molecular weight is 184 g/mol. The van der Waals surface area contributed by atoms with Crippen LogP contribution in [0.25, 0.3) is 0 Å². The molecule has 13 heavy (non-hydrogen) atoms. The van der Waals surface area contributed by atoms with Crippen molar-refractivity contribution in [3.8, 4) is 0 Å². The van der Waals surface area contributed by atoms with E-state index in [4.69, 9.17) is 4.74 Å². The normalized spacial score (nSPS) is 22.2. The highest BCUT2D eigenvalue weighted by molar-refractivity contribution is 4.67. The van der Waals surface area contributed by atoms with Crippen LogP contribution in [0.5, 0.6) is 0 Å². The lowest BCUT2D eigenvalue weighted by Crippen LogP contribution is -2.23. The Balaban J connectivity index is 2.14. The predicted octanol–water partition coefficient (Wildman–Crippen LogP) is 3.77. The summed E-state index contributed by atoms with van der Waals surface area (Å²) in [6.45, 7) is 6.75. The molecular formula is C12H24O. The minimum absolute atomic E-state index is 0.461. The molecule has 1 heteroatoms. The third-order valence-electron chi connectivity index (χ3n) is 2.78. The van der Waals surface area contributed by atoms with E-state index in [1.54, 1.807) is 0 Å². The largest absolute Gasteiger partial charge is 0.375 e. The van der Waals surface area contributed by atoms with Crippen LogP contribution in [0.15, 0.2) is 0 Å². The van der Waals surface area contributed by atoms with Gasteiger partial charge in [0.25, 0.3) is 0 Å². The van der Waals surface area contributed by atoms with Gasteiger partial charge in [-0.1, -0.05) is 33.1 Å². The molecule has 1 saturated carbocycles. The molecule has 0 radical (unpaired) electrons. The fourth-order valence-electron chi connectivity index (χ4n) is 2.25. The van der Waals surface area contributed by atoms with Crippen molar-refractivity contribution in [3.63, 3.8) is 0 Å². The molecular weight excluding hydrogens is 160 g/mol. The highest BCUT2D eigenvalue weighted by Crippen LogP contribution is 2.22. The molecule has 0 aromatic rings. The summed E-state index contributed by atoms with van der Waals surface area (Å²) in [6, 6.07) is 0. The predicted molar refractivity (Wildman–Crippen MR) is 56.9 cm³/mol. The fourth-order valence-corrected chi connectivity index (χ4v) is 2.25. The van der Waals surface area contributed by atoms with Crippen LogP contribution >= 0.6 is 0 Å². The molecule has 1 rings (SSSR count). The van der Waals surface area contributed by atoms with Crippen LogP contribution in [-0.4, -0.2) is 12.2 Å². The summed E-state index contributed by atoms with van der Waals surface area (Å²) in [4.78, 5) is 0. The van der Waals surface area contributed by atoms with Gasteiger partial charge in [0.05, 0.1) is 12.2 Å². The zero-order valence-electron chi connectivity index (χ0n) is 9.38. The molecule has 0 aromatic heterocycles. The van der Waals surface area contributed by atoms with E-state index in [1.807, 2.05) is 0 Å².